The molecule has 2 heterocycles. The van der Waals surface area contributed by atoms with Crippen molar-refractivity contribution in [1.29, 1.82) is 0 Å². The Balaban J connectivity index is 2.18. The van der Waals surface area contributed by atoms with Crippen molar-refractivity contribution in [3.63, 3.8) is 0 Å². The minimum atomic E-state index is 1.00. The third kappa shape index (κ3) is 1.75. The van der Waals surface area contributed by atoms with Crippen molar-refractivity contribution < 1.29 is 0 Å². The topological polar surface area (TPSA) is 30.7 Å². The quantitative estimate of drug-likeness (QED) is 0.519. The fourth-order valence-corrected chi connectivity index (χ4v) is 3.13. The van der Waals surface area contributed by atoms with Crippen LogP contribution in [0.4, 0.5) is 0 Å². The number of aryl methyl sites for hydroxylation is 3. The van der Waals surface area contributed by atoms with E-state index in [0.29, 0.717) is 0 Å². The molecule has 22 heavy (non-hydrogen) atoms. The van der Waals surface area contributed by atoms with Gasteiger partial charge in [0.2, 0.25) is 0 Å². The summed E-state index contributed by atoms with van der Waals surface area (Å²) in [6.45, 7) is 4.21. The third-order valence-electron chi connectivity index (χ3n) is 4.37. The van der Waals surface area contributed by atoms with Crippen molar-refractivity contribution in [2.45, 2.75) is 13.8 Å². The van der Waals surface area contributed by atoms with Gasteiger partial charge >= 0.3 is 0 Å². The predicted octanol–water partition coefficient (Wildman–Crippen LogP) is 4.41. The minimum Gasteiger partial charge on any atom is -0.265 e. The molecule has 0 spiro atoms. The first-order chi connectivity index (χ1) is 10.7. The van der Waals surface area contributed by atoms with Crippen LogP contribution in [0.2, 0.25) is 0 Å². The summed E-state index contributed by atoms with van der Waals surface area (Å²) < 4.78 is 1.94. The van der Waals surface area contributed by atoms with E-state index in [4.69, 9.17) is 4.98 Å². The largest absolute Gasteiger partial charge is 0.265 e. The normalized spacial score (nSPS) is 11.4. The molecule has 0 aliphatic heterocycles. The van der Waals surface area contributed by atoms with E-state index in [-0.39, 0.29) is 0 Å². The first kappa shape index (κ1) is 13.0. The van der Waals surface area contributed by atoms with Crippen LogP contribution in [-0.2, 0) is 7.05 Å². The number of nitrogens with zero attached hydrogens (tertiary/aromatic N) is 3. The van der Waals surface area contributed by atoms with Crippen molar-refractivity contribution in [3.8, 4) is 11.4 Å². The molecule has 0 saturated carbocycles. The summed E-state index contributed by atoms with van der Waals surface area (Å²) in [7, 11) is 1.99. The summed E-state index contributed by atoms with van der Waals surface area (Å²) in [6.07, 6.45) is 0. The van der Waals surface area contributed by atoms with Crippen LogP contribution in [0.15, 0.2) is 48.5 Å². The number of pyridine rings is 1. The Kier molecular flexibility index (Phi) is 2.76. The van der Waals surface area contributed by atoms with E-state index in [9.17, 15) is 0 Å². The lowest BCUT2D eigenvalue weighted by Crippen LogP contribution is -1.99. The molecular weight excluding hydrogens is 270 g/mol. The number of benzene rings is 2. The number of hydrogen-bond acceptors (Lipinski definition) is 2. The predicted molar refractivity (Wildman–Crippen MR) is 90.9 cm³/mol. The SMILES string of the molecule is Cc1nc(-c2c3ccccc3nn2C)c2ccccc2c1C. The molecule has 0 fully saturated rings. The lowest BCUT2D eigenvalue weighted by Gasteiger charge is -2.11. The molecule has 0 aliphatic carbocycles. The second-order valence-corrected chi connectivity index (χ2v) is 5.71. The highest BCUT2D eigenvalue weighted by molar-refractivity contribution is 6.03. The van der Waals surface area contributed by atoms with Crippen LogP contribution in [0.3, 0.4) is 0 Å². The molecule has 2 aromatic heterocycles. The Morgan fingerprint density at radius 1 is 0.818 bits per heavy atom. The van der Waals surface area contributed by atoms with Crippen molar-refractivity contribution in [2.75, 3.05) is 0 Å². The molecule has 0 aliphatic rings. The third-order valence-corrected chi connectivity index (χ3v) is 4.37. The Morgan fingerprint density at radius 3 is 2.23 bits per heavy atom. The summed E-state index contributed by atoms with van der Waals surface area (Å²) in [6, 6.07) is 16.7. The number of aromatic nitrogens is 3. The molecule has 3 nitrogen and oxygen atoms in total. The van der Waals surface area contributed by atoms with Crippen LogP contribution in [-0.4, -0.2) is 14.8 Å². The summed E-state index contributed by atoms with van der Waals surface area (Å²) in [5, 5.41) is 8.21. The maximum Gasteiger partial charge on any atom is 0.0970 e. The second kappa shape index (κ2) is 4.67. The molecule has 0 amide bonds. The molecule has 0 bridgehead atoms. The maximum absolute atomic E-state index is 4.89. The van der Waals surface area contributed by atoms with Gasteiger partial charge in [-0.05, 0) is 30.9 Å². The van der Waals surface area contributed by atoms with Gasteiger partial charge < -0.3 is 0 Å². The number of rotatable bonds is 1. The number of hydrogen-bond donors (Lipinski definition) is 0. The molecule has 0 atom stereocenters. The summed E-state index contributed by atoms with van der Waals surface area (Å²) in [5.41, 5.74) is 5.40. The molecule has 3 heteroatoms. The van der Waals surface area contributed by atoms with Gasteiger partial charge in [-0.1, -0.05) is 42.5 Å². The zero-order chi connectivity index (χ0) is 15.3. The van der Waals surface area contributed by atoms with Gasteiger partial charge in [-0.25, -0.2) is 0 Å². The van der Waals surface area contributed by atoms with E-state index in [0.717, 1.165) is 28.0 Å². The number of fused-ring (bicyclic) bond motifs is 2. The van der Waals surface area contributed by atoms with Crippen LogP contribution in [0, 0.1) is 13.8 Å². The first-order valence-corrected chi connectivity index (χ1v) is 7.45. The Bertz CT molecular complexity index is 1010. The fourth-order valence-electron chi connectivity index (χ4n) is 3.13. The van der Waals surface area contributed by atoms with Crippen LogP contribution >= 0.6 is 0 Å². The van der Waals surface area contributed by atoms with Crippen molar-refractivity contribution in [1.82, 2.24) is 14.8 Å². The molecule has 4 aromatic rings. The van der Waals surface area contributed by atoms with E-state index in [1.54, 1.807) is 0 Å². The van der Waals surface area contributed by atoms with Crippen LogP contribution in [0.1, 0.15) is 11.3 Å². The van der Waals surface area contributed by atoms with Gasteiger partial charge in [0.25, 0.3) is 0 Å². The van der Waals surface area contributed by atoms with Gasteiger partial charge in [0.05, 0.1) is 16.9 Å². The first-order valence-electron chi connectivity index (χ1n) is 7.45. The fraction of sp³-hybridized carbons (Fsp3) is 0.158. The van der Waals surface area contributed by atoms with Gasteiger partial charge in [0.15, 0.2) is 0 Å². The summed E-state index contributed by atoms with van der Waals surface area (Å²) in [5.74, 6) is 0. The van der Waals surface area contributed by atoms with Crippen LogP contribution in [0.5, 0.6) is 0 Å². The molecular formula is C19H17N3. The average Bonchev–Trinajstić information content (AvgIpc) is 2.87. The van der Waals surface area contributed by atoms with E-state index in [1.165, 1.54) is 16.3 Å². The van der Waals surface area contributed by atoms with Crippen molar-refractivity contribution >= 4 is 21.7 Å². The second-order valence-electron chi connectivity index (χ2n) is 5.71. The Labute approximate surface area is 129 Å². The van der Waals surface area contributed by atoms with Gasteiger partial charge in [0.1, 0.15) is 0 Å². The van der Waals surface area contributed by atoms with Gasteiger partial charge in [-0.2, -0.15) is 5.10 Å². The van der Waals surface area contributed by atoms with Gasteiger partial charge in [-0.3, -0.25) is 9.67 Å². The van der Waals surface area contributed by atoms with Crippen LogP contribution in [0.25, 0.3) is 33.1 Å². The highest BCUT2D eigenvalue weighted by atomic mass is 15.3. The van der Waals surface area contributed by atoms with Crippen molar-refractivity contribution in [2.24, 2.45) is 7.05 Å². The molecule has 0 unspecified atom stereocenters. The minimum absolute atomic E-state index is 1.00. The highest BCUT2D eigenvalue weighted by Gasteiger charge is 2.16. The van der Waals surface area contributed by atoms with Gasteiger partial charge in [-0.15, -0.1) is 0 Å². The standard InChI is InChI=1S/C19H17N3/c1-12-13(2)20-18(15-9-5-4-8-14(12)15)19-16-10-6-7-11-17(16)21-22(19)3/h4-11H,1-3H3. The van der Waals surface area contributed by atoms with E-state index >= 15 is 0 Å². The molecule has 0 saturated heterocycles. The lowest BCUT2D eigenvalue weighted by molar-refractivity contribution is 0.785. The summed E-state index contributed by atoms with van der Waals surface area (Å²) >= 11 is 0. The average molecular weight is 287 g/mol. The highest BCUT2D eigenvalue weighted by Crippen LogP contribution is 2.33. The Morgan fingerprint density at radius 2 is 1.45 bits per heavy atom. The van der Waals surface area contributed by atoms with Gasteiger partial charge in [0, 0.05) is 23.5 Å². The molecule has 2 aromatic carbocycles. The van der Waals surface area contributed by atoms with Crippen LogP contribution < -0.4 is 0 Å². The van der Waals surface area contributed by atoms with E-state index < -0.39 is 0 Å². The monoisotopic (exact) mass is 287 g/mol. The lowest BCUT2D eigenvalue weighted by atomic mass is 10.0. The summed E-state index contributed by atoms with van der Waals surface area (Å²) in [4.78, 5) is 4.89. The smallest absolute Gasteiger partial charge is 0.0970 e. The zero-order valence-electron chi connectivity index (χ0n) is 13.0. The Hall–Kier alpha value is -2.68. The molecule has 108 valence electrons. The zero-order valence-corrected chi connectivity index (χ0v) is 13.0. The maximum atomic E-state index is 4.89. The molecule has 0 radical (unpaired) electrons. The molecule has 4 rings (SSSR count). The van der Waals surface area contributed by atoms with E-state index in [2.05, 4.69) is 55.3 Å². The van der Waals surface area contributed by atoms with E-state index in [1.807, 2.05) is 23.9 Å². The van der Waals surface area contributed by atoms with Crippen molar-refractivity contribution in [3.05, 3.63) is 59.8 Å². The molecule has 0 N–H and O–H groups in total.